The van der Waals surface area contributed by atoms with E-state index in [9.17, 15) is 4.79 Å². The van der Waals surface area contributed by atoms with Crippen molar-refractivity contribution in [1.82, 2.24) is 4.57 Å². The Hall–Kier alpha value is -2.00. The number of hydrogen-bond donors (Lipinski definition) is 0. The zero-order chi connectivity index (χ0) is 12.5. The topological polar surface area (TPSA) is 35.1 Å². The Balaban J connectivity index is 2.17. The lowest BCUT2D eigenvalue weighted by Gasteiger charge is -2.03. The minimum atomic E-state index is -0.387. The van der Waals surface area contributed by atoms with E-state index in [1.165, 1.54) is 0 Å². The van der Waals surface area contributed by atoms with Crippen molar-refractivity contribution in [1.29, 1.82) is 0 Å². The number of halogens is 1. The van der Waals surface area contributed by atoms with E-state index in [1.807, 2.05) is 30.3 Å². The number of rotatable bonds is 2. The zero-order valence-corrected chi connectivity index (χ0v) is 10.2. The van der Waals surface area contributed by atoms with E-state index in [-0.39, 0.29) is 5.76 Å². The van der Waals surface area contributed by atoms with E-state index in [2.05, 4.69) is 0 Å². The number of aromatic nitrogens is 1. The van der Waals surface area contributed by atoms with Crippen LogP contribution in [0, 0.1) is 0 Å². The Bertz CT molecular complexity index is 743. The zero-order valence-electron chi connectivity index (χ0n) is 9.47. The molecule has 0 atom stereocenters. The van der Waals surface area contributed by atoms with Gasteiger partial charge in [-0.15, -0.1) is 0 Å². The molecule has 90 valence electrons. The molecule has 0 aliphatic heterocycles. The van der Waals surface area contributed by atoms with Crippen LogP contribution in [-0.4, -0.2) is 4.57 Å². The number of benzene rings is 2. The number of oxazole rings is 1. The quantitative estimate of drug-likeness (QED) is 0.708. The van der Waals surface area contributed by atoms with Gasteiger partial charge in [-0.1, -0.05) is 48.0 Å². The second-order valence-corrected chi connectivity index (χ2v) is 4.43. The maximum atomic E-state index is 11.8. The summed E-state index contributed by atoms with van der Waals surface area (Å²) in [7, 11) is 0. The third kappa shape index (κ3) is 1.83. The third-order valence-corrected chi connectivity index (χ3v) is 3.13. The number of hydrogen-bond acceptors (Lipinski definition) is 2. The van der Waals surface area contributed by atoms with Crippen LogP contribution in [0.4, 0.5) is 0 Å². The van der Waals surface area contributed by atoms with Gasteiger partial charge in [0.2, 0.25) is 0 Å². The molecule has 1 aromatic heterocycles. The van der Waals surface area contributed by atoms with Crippen LogP contribution in [-0.2, 0) is 6.54 Å². The standard InChI is InChI=1S/C14H10ClNO2/c15-11-7-4-8-12-13(11)16(14(17)18-12)9-10-5-2-1-3-6-10/h1-8H,9H2. The first-order valence-electron chi connectivity index (χ1n) is 5.57. The smallest absolute Gasteiger partial charge is 0.408 e. The molecule has 0 fully saturated rings. The third-order valence-electron chi connectivity index (χ3n) is 2.82. The minimum absolute atomic E-state index is 0.387. The summed E-state index contributed by atoms with van der Waals surface area (Å²) in [6, 6.07) is 15.0. The summed E-state index contributed by atoms with van der Waals surface area (Å²) in [6.45, 7) is 0.455. The molecule has 0 saturated carbocycles. The van der Waals surface area contributed by atoms with Crippen LogP contribution < -0.4 is 5.76 Å². The van der Waals surface area contributed by atoms with Crippen molar-refractivity contribution in [3.8, 4) is 0 Å². The summed E-state index contributed by atoms with van der Waals surface area (Å²) in [6.07, 6.45) is 0. The molecule has 1 heterocycles. The monoisotopic (exact) mass is 259 g/mol. The van der Waals surface area contributed by atoms with Gasteiger partial charge in [0.15, 0.2) is 5.58 Å². The summed E-state index contributed by atoms with van der Waals surface area (Å²) in [4.78, 5) is 11.8. The van der Waals surface area contributed by atoms with Crippen LogP contribution in [0.25, 0.3) is 11.1 Å². The molecule has 3 aromatic rings. The average Bonchev–Trinajstić information content (AvgIpc) is 2.69. The molecule has 3 rings (SSSR count). The van der Waals surface area contributed by atoms with E-state index in [0.29, 0.717) is 22.7 Å². The normalized spacial score (nSPS) is 10.9. The Morgan fingerprint density at radius 1 is 1.06 bits per heavy atom. The first-order valence-corrected chi connectivity index (χ1v) is 5.95. The van der Waals surface area contributed by atoms with E-state index in [4.69, 9.17) is 16.0 Å². The molecule has 0 amide bonds. The van der Waals surface area contributed by atoms with Gasteiger partial charge >= 0.3 is 5.76 Å². The number of para-hydroxylation sites is 1. The van der Waals surface area contributed by atoms with E-state index < -0.39 is 0 Å². The minimum Gasteiger partial charge on any atom is -0.408 e. The fourth-order valence-electron chi connectivity index (χ4n) is 1.99. The van der Waals surface area contributed by atoms with E-state index in [0.717, 1.165) is 5.56 Å². The van der Waals surface area contributed by atoms with Gasteiger partial charge in [-0.25, -0.2) is 4.79 Å². The Kier molecular flexibility index (Phi) is 2.68. The van der Waals surface area contributed by atoms with Crippen molar-refractivity contribution in [3.63, 3.8) is 0 Å². The maximum absolute atomic E-state index is 11.8. The molecule has 0 aliphatic carbocycles. The highest BCUT2D eigenvalue weighted by Crippen LogP contribution is 2.22. The lowest BCUT2D eigenvalue weighted by atomic mass is 10.2. The maximum Gasteiger partial charge on any atom is 0.420 e. The molecule has 0 unspecified atom stereocenters. The molecule has 0 bridgehead atoms. The largest absolute Gasteiger partial charge is 0.420 e. The lowest BCUT2D eigenvalue weighted by molar-refractivity contribution is 0.517. The summed E-state index contributed by atoms with van der Waals surface area (Å²) in [5, 5.41) is 0.522. The summed E-state index contributed by atoms with van der Waals surface area (Å²) >= 11 is 6.12. The van der Waals surface area contributed by atoms with Crippen molar-refractivity contribution in [3.05, 3.63) is 69.7 Å². The molecule has 0 spiro atoms. The fraction of sp³-hybridized carbons (Fsp3) is 0.0714. The second-order valence-electron chi connectivity index (χ2n) is 4.03. The fourth-order valence-corrected chi connectivity index (χ4v) is 2.26. The van der Waals surface area contributed by atoms with Crippen molar-refractivity contribution in [2.45, 2.75) is 6.54 Å². The predicted molar refractivity (Wildman–Crippen MR) is 71.0 cm³/mol. The molecule has 0 aliphatic rings. The van der Waals surface area contributed by atoms with Crippen LogP contribution >= 0.6 is 11.6 Å². The average molecular weight is 260 g/mol. The molecular weight excluding hydrogens is 250 g/mol. The number of fused-ring (bicyclic) bond motifs is 1. The highest BCUT2D eigenvalue weighted by Gasteiger charge is 2.12. The van der Waals surface area contributed by atoms with Crippen LogP contribution in [0.3, 0.4) is 0 Å². The van der Waals surface area contributed by atoms with E-state index in [1.54, 1.807) is 22.8 Å². The summed E-state index contributed by atoms with van der Waals surface area (Å²) < 4.78 is 6.72. The molecule has 4 heteroatoms. The van der Waals surface area contributed by atoms with Crippen molar-refractivity contribution in [2.75, 3.05) is 0 Å². The van der Waals surface area contributed by atoms with Gasteiger partial charge in [0.1, 0.15) is 5.52 Å². The predicted octanol–water partition coefficient (Wildman–Crippen LogP) is 3.30. The van der Waals surface area contributed by atoms with E-state index >= 15 is 0 Å². The Morgan fingerprint density at radius 3 is 2.61 bits per heavy atom. The lowest BCUT2D eigenvalue weighted by Crippen LogP contribution is -2.14. The summed E-state index contributed by atoms with van der Waals surface area (Å²) in [5.41, 5.74) is 2.19. The molecule has 3 nitrogen and oxygen atoms in total. The SMILES string of the molecule is O=c1oc2cccc(Cl)c2n1Cc1ccccc1. The van der Waals surface area contributed by atoms with Gasteiger partial charge in [0.25, 0.3) is 0 Å². The van der Waals surface area contributed by atoms with Crippen molar-refractivity contribution >= 4 is 22.7 Å². The van der Waals surface area contributed by atoms with Gasteiger partial charge in [0, 0.05) is 0 Å². The molecule has 18 heavy (non-hydrogen) atoms. The molecular formula is C14H10ClNO2. The van der Waals surface area contributed by atoms with Gasteiger partial charge in [-0.05, 0) is 17.7 Å². The Labute approximate surface area is 108 Å². The molecule has 0 N–H and O–H groups in total. The van der Waals surface area contributed by atoms with Gasteiger partial charge in [-0.2, -0.15) is 0 Å². The molecule has 2 aromatic carbocycles. The van der Waals surface area contributed by atoms with Crippen LogP contribution in [0.2, 0.25) is 5.02 Å². The van der Waals surface area contributed by atoms with Crippen molar-refractivity contribution in [2.24, 2.45) is 0 Å². The van der Waals surface area contributed by atoms with Gasteiger partial charge < -0.3 is 4.42 Å². The first-order chi connectivity index (χ1) is 8.75. The molecule has 0 saturated heterocycles. The first kappa shape index (κ1) is 11.1. The van der Waals surface area contributed by atoms with Gasteiger partial charge in [-0.3, -0.25) is 4.57 Å². The highest BCUT2D eigenvalue weighted by molar-refractivity contribution is 6.34. The highest BCUT2D eigenvalue weighted by atomic mass is 35.5. The van der Waals surface area contributed by atoms with Crippen LogP contribution in [0.5, 0.6) is 0 Å². The van der Waals surface area contributed by atoms with Crippen molar-refractivity contribution < 1.29 is 4.42 Å². The summed E-state index contributed by atoms with van der Waals surface area (Å²) in [5.74, 6) is -0.387. The molecule has 0 radical (unpaired) electrons. The van der Waals surface area contributed by atoms with Crippen LogP contribution in [0.1, 0.15) is 5.56 Å². The Morgan fingerprint density at radius 2 is 1.83 bits per heavy atom. The van der Waals surface area contributed by atoms with Gasteiger partial charge in [0.05, 0.1) is 11.6 Å². The van der Waals surface area contributed by atoms with Crippen LogP contribution in [0.15, 0.2) is 57.7 Å². The second kappa shape index (κ2) is 4.35. The number of nitrogens with zero attached hydrogens (tertiary/aromatic N) is 1.